The van der Waals surface area contributed by atoms with Gasteiger partial charge in [0.1, 0.15) is 0 Å². The summed E-state index contributed by atoms with van der Waals surface area (Å²) in [5, 5.41) is 5.04. The molecular formula is C14H22ClN3O2. The molecule has 0 aliphatic carbocycles. The van der Waals surface area contributed by atoms with Crippen LogP contribution in [0.25, 0.3) is 0 Å². The Morgan fingerprint density at radius 2 is 2.10 bits per heavy atom. The minimum absolute atomic E-state index is 0.0277. The molecule has 20 heavy (non-hydrogen) atoms. The second-order valence-electron chi connectivity index (χ2n) is 5.25. The average Bonchev–Trinajstić information content (AvgIpc) is 2.76. The number of halogens is 1. The summed E-state index contributed by atoms with van der Waals surface area (Å²) in [7, 11) is 0. The third-order valence-corrected chi connectivity index (χ3v) is 4.40. The Labute approximate surface area is 124 Å². The van der Waals surface area contributed by atoms with Crippen LogP contribution in [0.4, 0.5) is 0 Å². The molecule has 1 fully saturated rings. The summed E-state index contributed by atoms with van der Waals surface area (Å²) in [6, 6.07) is 0. The van der Waals surface area contributed by atoms with Crippen molar-refractivity contribution in [2.75, 3.05) is 13.2 Å². The molecule has 2 heterocycles. The predicted molar refractivity (Wildman–Crippen MR) is 78.0 cm³/mol. The van der Waals surface area contributed by atoms with E-state index in [1.54, 1.807) is 0 Å². The number of aromatic nitrogens is 2. The van der Waals surface area contributed by atoms with Gasteiger partial charge >= 0.3 is 0 Å². The molecule has 0 saturated carbocycles. The van der Waals surface area contributed by atoms with Crippen molar-refractivity contribution < 1.29 is 9.53 Å². The highest BCUT2D eigenvalue weighted by Crippen LogP contribution is 2.26. The van der Waals surface area contributed by atoms with Gasteiger partial charge in [-0.15, -0.1) is 0 Å². The van der Waals surface area contributed by atoms with Crippen molar-refractivity contribution in [1.29, 1.82) is 0 Å². The number of ether oxygens (including phenoxy) is 1. The van der Waals surface area contributed by atoms with E-state index in [2.05, 4.69) is 5.10 Å². The first-order chi connectivity index (χ1) is 9.51. The summed E-state index contributed by atoms with van der Waals surface area (Å²) >= 11 is 6.34. The molecule has 1 aliphatic heterocycles. The van der Waals surface area contributed by atoms with E-state index in [1.165, 1.54) is 0 Å². The van der Waals surface area contributed by atoms with Gasteiger partial charge in [-0.25, -0.2) is 0 Å². The van der Waals surface area contributed by atoms with Crippen LogP contribution in [0, 0.1) is 0 Å². The van der Waals surface area contributed by atoms with Gasteiger partial charge in [0.05, 0.1) is 28.4 Å². The summed E-state index contributed by atoms with van der Waals surface area (Å²) in [5.74, 6) is 0.0277. The minimum atomic E-state index is -0.781. The molecule has 1 aliphatic rings. The number of aryl methyl sites for hydroxylation is 2. The summed E-state index contributed by atoms with van der Waals surface area (Å²) in [5.41, 5.74) is 7.07. The van der Waals surface area contributed by atoms with E-state index < -0.39 is 5.54 Å². The molecule has 112 valence electrons. The van der Waals surface area contributed by atoms with Crippen molar-refractivity contribution in [3.8, 4) is 0 Å². The van der Waals surface area contributed by atoms with Gasteiger partial charge in [0.15, 0.2) is 5.78 Å². The Balaban J connectivity index is 2.20. The van der Waals surface area contributed by atoms with Gasteiger partial charge in [-0.05, 0) is 26.2 Å². The van der Waals surface area contributed by atoms with E-state index in [4.69, 9.17) is 22.1 Å². The Bertz CT molecular complexity index is 493. The summed E-state index contributed by atoms with van der Waals surface area (Å²) in [4.78, 5) is 12.5. The van der Waals surface area contributed by atoms with Crippen molar-refractivity contribution in [2.45, 2.75) is 51.6 Å². The van der Waals surface area contributed by atoms with Crippen molar-refractivity contribution in [1.82, 2.24) is 9.78 Å². The molecule has 2 rings (SSSR count). The van der Waals surface area contributed by atoms with E-state index in [1.807, 2.05) is 18.5 Å². The molecule has 0 unspecified atom stereocenters. The molecular weight excluding hydrogens is 278 g/mol. The monoisotopic (exact) mass is 299 g/mol. The van der Waals surface area contributed by atoms with Gasteiger partial charge < -0.3 is 10.5 Å². The van der Waals surface area contributed by atoms with Crippen molar-refractivity contribution in [3.63, 3.8) is 0 Å². The zero-order valence-corrected chi connectivity index (χ0v) is 12.9. The quantitative estimate of drug-likeness (QED) is 0.899. The van der Waals surface area contributed by atoms with E-state index in [-0.39, 0.29) is 12.2 Å². The van der Waals surface area contributed by atoms with Crippen molar-refractivity contribution in [2.24, 2.45) is 5.73 Å². The molecule has 0 atom stereocenters. The minimum Gasteiger partial charge on any atom is -0.381 e. The lowest BCUT2D eigenvalue weighted by molar-refractivity contribution is -0.127. The maximum Gasteiger partial charge on any atom is 0.158 e. The normalized spacial score (nSPS) is 18.2. The van der Waals surface area contributed by atoms with Crippen LogP contribution < -0.4 is 5.73 Å². The molecule has 5 nitrogen and oxygen atoms in total. The summed E-state index contributed by atoms with van der Waals surface area (Å²) in [6.45, 7) is 5.78. The van der Waals surface area contributed by atoms with Gasteiger partial charge in [0.25, 0.3) is 0 Å². The van der Waals surface area contributed by atoms with Gasteiger partial charge in [-0.3, -0.25) is 9.48 Å². The van der Waals surface area contributed by atoms with Gasteiger partial charge in [-0.1, -0.05) is 18.5 Å². The second kappa shape index (κ2) is 6.24. The number of carbonyl (C=O) groups excluding carboxylic acids is 1. The first-order valence-electron chi connectivity index (χ1n) is 7.15. The Kier molecular flexibility index (Phi) is 4.83. The van der Waals surface area contributed by atoms with Crippen LogP contribution in [0.1, 0.15) is 38.1 Å². The van der Waals surface area contributed by atoms with Crippen LogP contribution in [0.3, 0.4) is 0 Å². The van der Waals surface area contributed by atoms with Gasteiger partial charge in [0, 0.05) is 19.8 Å². The first kappa shape index (κ1) is 15.5. The number of nitrogens with two attached hydrogens (primary N) is 1. The van der Waals surface area contributed by atoms with Crippen LogP contribution in [-0.4, -0.2) is 34.3 Å². The molecule has 0 bridgehead atoms. The van der Waals surface area contributed by atoms with E-state index >= 15 is 0 Å². The molecule has 1 aromatic rings. The molecule has 0 aromatic carbocycles. The third kappa shape index (κ3) is 2.90. The number of rotatable bonds is 5. The summed E-state index contributed by atoms with van der Waals surface area (Å²) in [6.07, 6.45) is 2.15. The molecule has 0 spiro atoms. The second-order valence-corrected chi connectivity index (χ2v) is 5.62. The number of hydrogen-bond donors (Lipinski definition) is 1. The molecule has 1 saturated heterocycles. The zero-order chi connectivity index (χ0) is 14.8. The number of nitrogens with zero attached hydrogens (tertiary/aromatic N) is 2. The van der Waals surface area contributed by atoms with E-state index in [0.717, 1.165) is 17.8 Å². The van der Waals surface area contributed by atoms with Gasteiger partial charge in [-0.2, -0.15) is 5.10 Å². The highest BCUT2D eigenvalue weighted by Gasteiger charge is 2.36. The van der Waals surface area contributed by atoms with Crippen LogP contribution in [-0.2, 0) is 28.9 Å². The molecule has 1 aromatic heterocycles. The van der Waals surface area contributed by atoms with E-state index in [9.17, 15) is 4.79 Å². The number of carbonyl (C=O) groups is 1. The van der Waals surface area contributed by atoms with Crippen LogP contribution in [0.15, 0.2) is 0 Å². The SMILES string of the molecule is CCc1nn(CC)c(CC(=O)C2(N)CCOCC2)c1Cl. The van der Waals surface area contributed by atoms with Crippen LogP contribution in [0.5, 0.6) is 0 Å². The Morgan fingerprint density at radius 1 is 1.45 bits per heavy atom. The van der Waals surface area contributed by atoms with Gasteiger partial charge in [0.2, 0.25) is 0 Å². The smallest absolute Gasteiger partial charge is 0.158 e. The predicted octanol–water partition coefficient (Wildman–Crippen LogP) is 1.74. The molecule has 0 amide bonds. The topological polar surface area (TPSA) is 70.1 Å². The highest BCUT2D eigenvalue weighted by atomic mass is 35.5. The zero-order valence-electron chi connectivity index (χ0n) is 12.1. The van der Waals surface area contributed by atoms with E-state index in [0.29, 0.717) is 37.6 Å². The molecule has 6 heteroatoms. The van der Waals surface area contributed by atoms with Crippen molar-refractivity contribution in [3.05, 3.63) is 16.4 Å². The number of ketones is 1. The lowest BCUT2D eigenvalue weighted by atomic mass is 9.84. The molecule has 2 N–H and O–H groups in total. The number of Topliss-reactive ketones (excluding diaryl/α,β-unsaturated/α-hetero) is 1. The highest BCUT2D eigenvalue weighted by molar-refractivity contribution is 6.32. The lowest BCUT2D eigenvalue weighted by Gasteiger charge is -2.31. The maximum absolute atomic E-state index is 12.5. The van der Waals surface area contributed by atoms with Crippen LogP contribution in [0.2, 0.25) is 5.02 Å². The standard InChI is InChI=1S/C14H22ClN3O2/c1-3-10-13(15)11(18(4-2)17-10)9-12(19)14(16)5-7-20-8-6-14/h3-9,16H2,1-2H3. The molecule has 0 radical (unpaired) electrons. The van der Waals surface area contributed by atoms with Crippen LogP contribution >= 0.6 is 11.6 Å². The van der Waals surface area contributed by atoms with Crippen molar-refractivity contribution >= 4 is 17.4 Å². The fourth-order valence-corrected chi connectivity index (χ4v) is 2.86. The largest absolute Gasteiger partial charge is 0.381 e. The third-order valence-electron chi connectivity index (χ3n) is 3.96. The number of hydrogen-bond acceptors (Lipinski definition) is 4. The lowest BCUT2D eigenvalue weighted by Crippen LogP contribution is -2.52. The first-order valence-corrected chi connectivity index (χ1v) is 7.53. The Morgan fingerprint density at radius 3 is 2.65 bits per heavy atom. The summed E-state index contributed by atoms with van der Waals surface area (Å²) < 4.78 is 7.09. The fourth-order valence-electron chi connectivity index (χ4n) is 2.53. The maximum atomic E-state index is 12.5. The average molecular weight is 300 g/mol. The fraction of sp³-hybridized carbons (Fsp3) is 0.714. The Hall–Kier alpha value is -0.910.